The van der Waals surface area contributed by atoms with Crippen LogP contribution in [0.25, 0.3) is 0 Å². The zero-order valence-electron chi connectivity index (χ0n) is 20.0. The van der Waals surface area contributed by atoms with Gasteiger partial charge in [-0.3, -0.25) is 19.5 Å². The van der Waals surface area contributed by atoms with E-state index < -0.39 is 0 Å². The van der Waals surface area contributed by atoms with E-state index in [4.69, 9.17) is 14.2 Å². The number of rotatable bonds is 3. The van der Waals surface area contributed by atoms with Crippen molar-refractivity contribution in [1.82, 2.24) is 20.5 Å². The average molecular weight is 489 g/mol. The van der Waals surface area contributed by atoms with Crippen molar-refractivity contribution in [3.63, 3.8) is 0 Å². The summed E-state index contributed by atoms with van der Waals surface area (Å²) in [6.45, 7) is 2.19. The number of nitrogens with zero attached hydrogens (tertiary/aromatic N) is 2. The molecule has 2 amide bonds. The SMILES string of the molecule is COc1ccc2cc1OCC(=O)NCc1ccc(cc1)O[C@H]1CN(Cc3ccncc3)C[C@@H]1NC2=O. The van der Waals surface area contributed by atoms with Crippen molar-refractivity contribution < 1.29 is 23.8 Å². The maximum atomic E-state index is 13.2. The number of pyridine rings is 1. The lowest BCUT2D eigenvalue weighted by Crippen LogP contribution is -2.45. The molecule has 1 aromatic heterocycles. The van der Waals surface area contributed by atoms with E-state index in [0.29, 0.717) is 42.4 Å². The first-order valence-corrected chi connectivity index (χ1v) is 11.8. The van der Waals surface area contributed by atoms with E-state index in [1.165, 1.54) is 7.11 Å². The number of likely N-dealkylation sites (tertiary alicyclic amines) is 1. The number of aromatic nitrogens is 1. The van der Waals surface area contributed by atoms with Crippen LogP contribution in [0.4, 0.5) is 0 Å². The number of methoxy groups -OCH3 is 1. The summed E-state index contributed by atoms with van der Waals surface area (Å²) in [5.74, 6) is 0.945. The molecule has 1 saturated heterocycles. The molecule has 2 N–H and O–H groups in total. The van der Waals surface area contributed by atoms with Gasteiger partial charge in [0, 0.05) is 44.1 Å². The molecular weight excluding hydrogens is 460 g/mol. The van der Waals surface area contributed by atoms with Crippen LogP contribution in [0, 0.1) is 0 Å². The Kier molecular flexibility index (Phi) is 6.99. The summed E-state index contributed by atoms with van der Waals surface area (Å²) in [4.78, 5) is 31.9. The van der Waals surface area contributed by atoms with Crippen molar-refractivity contribution in [3.05, 3.63) is 83.7 Å². The smallest absolute Gasteiger partial charge is 0.258 e. The summed E-state index contributed by atoms with van der Waals surface area (Å²) in [5.41, 5.74) is 2.49. The van der Waals surface area contributed by atoms with Gasteiger partial charge in [0.1, 0.15) is 11.9 Å². The second kappa shape index (κ2) is 10.7. The minimum atomic E-state index is -0.277. The molecule has 0 radical (unpaired) electrons. The Bertz CT molecular complexity index is 1220. The van der Waals surface area contributed by atoms with Crippen LogP contribution in [0.1, 0.15) is 21.5 Å². The number of hydrogen-bond acceptors (Lipinski definition) is 7. The Labute approximate surface area is 209 Å². The molecule has 9 heteroatoms. The number of benzene rings is 2. The highest BCUT2D eigenvalue weighted by molar-refractivity contribution is 5.95. The first-order valence-electron chi connectivity index (χ1n) is 11.8. The highest BCUT2D eigenvalue weighted by atomic mass is 16.5. The molecule has 0 spiro atoms. The van der Waals surface area contributed by atoms with Gasteiger partial charge in [-0.15, -0.1) is 0 Å². The molecule has 9 nitrogen and oxygen atoms in total. The van der Waals surface area contributed by atoms with Crippen LogP contribution in [0.5, 0.6) is 17.2 Å². The molecular formula is C27H28N4O5. The van der Waals surface area contributed by atoms with E-state index in [1.807, 2.05) is 36.4 Å². The number of carbonyl (C=O) groups is 2. The van der Waals surface area contributed by atoms with Gasteiger partial charge in [0.05, 0.1) is 13.2 Å². The van der Waals surface area contributed by atoms with Gasteiger partial charge >= 0.3 is 0 Å². The zero-order chi connectivity index (χ0) is 24.9. The molecule has 0 saturated carbocycles. The zero-order valence-corrected chi connectivity index (χ0v) is 20.0. The number of carbonyl (C=O) groups excluding carboxylic acids is 2. The molecule has 36 heavy (non-hydrogen) atoms. The minimum absolute atomic E-state index is 0.197. The van der Waals surface area contributed by atoms with Crippen molar-refractivity contribution in [2.75, 3.05) is 26.8 Å². The molecule has 2 aromatic carbocycles. The second-order valence-electron chi connectivity index (χ2n) is 8.86. The highest BCUT2D eigenvalue weighted by Gasteiger charge is 2.36. The maximum absolute atomic E-state index is 13.2. The second-order valence-corrected chi connectivity index (χ2v) is 8.86. The Balaban J connectivity index is 1.42. The average Bonchev–Trinajstić information content (AvgIpc) is 3.26. The van der Waals surface area contributed by atoms with Gasteiger partial charge in [-0.25, -0.2) is 0 Å². The van der Waals surface area contributed by atoms with Gasteiger partial charge in [0.15, 0.2) is 18.1 Å². The van der Waals surface area contributed by atoms with Crippen LogP contribution in [0.15, 0.2) is 67.0 Å². The molecule has 4 bridgehead atoms. The number of fused-ring (bicyclic) bond motifs is 7. The van der Waals surface area contributed by atoms with Gasteiger partial charge in [0.2, 0.25) is 0 Å². The number of ether oxygens (including phenoxy) is 3. The Morgan fingerprint density at radius 3 is 2.64 bits per heavy atom. The van der Waals surface area contributed by atoms with Crippen LogP contribution in [-0.2, 0) is 17.9 Å². The van der Waals surface area contributed by atoms with E-state index in [2.05, 4.69) is 20.5 Å². The fourth-order valence-corrected chi connectivity index (χ4v) is 4.42. The summed E-state index contributed by atoms with van der Waals surface area (Å²) in [6, 6.07) is 16.3. The van der Waals surface area contributed by atoms with Crippen molar-refractivity contribution >= 4 is 11.8 Å². The van der Waals surface area contributed by atoms with E-state index in [0.717, 1.165) is 17.7 Å². The van der Waals surface area contributed by atoms with E-state index >= 15 is 0 Å². The molecule has 0 aliphatic carbocycles. The monoisotopic (exact) mass is 488 g/mol. The summed E-state index contributed by atoms with van der Waals surface area (Å²) in [7, 11) is 1.51. The van der Waals surface area contributed by atoms with Crippen LogP contribution in [0.3, 0.4) is 0 Å². The van der Waals surface area contributed by atoms with Crippen molar-refractivity contribution in [2.45, 2.75) is 25.2 Å². The summed E-state index contributed by atoms with van der Waals surface area (Å²) < 4.78 is 17.4. The third kappa shape index (κ3) is 5.58. The van der Waals surface area contributed by atoms with Crippen LogP contribution >= 0.6 is 0 Å². The van der Waals surface area contributed by atoms with Crippen molar-refractivity contribution in [2.24, 2.45) is 0 Å². The first-order chi connectivity index (χ1) is 17.6. The molecule has 4 heterocycles. The van der Waals surface area contributed by atoms with Crippen molar-refractivity contribution in [1.29, 1.82) is 0 Å². The third-order valence-corrected chi connectivity index (χ3v) is 6.30. The lowest BCUT2D eigenvalue weighted by Gasteiger charge is -2.21. The molecule has 3 aliphatic rings. The largest absolute Gasteiger partial charge is 0.493 e. The topological polar surface area (TPSA) is 102 Å². The molecule has 3 aliphatic heterocycles. The van der Waals surface area contributed by atoms with Crippen LogP contribution in [0.2, 0.25) is 0 Å². The predicted octanol–water partition coefficient (Wildman–Crippen LogP) is 2.16. The standard InChI is InChI=1S/C27H28N4O5/c1-34-23-7-4-20-12-24(23)35-17-26(32)29-13-18-2-5-21(6-3-18)36-25-16-31(15-22(25)30-27(20)33)14-19-8-10-28-11-9-19/h2-12,22,25H,13-17H2,1H3,(H,29,32)(H,30,33)/t22-,25-/m0/s1. The van der Waals surface area contributed by atoms with Gasteiger partial charge in [-0.2, -0.15) is 0 Å². The minimum Gasteiger partial charge on any atom is -0.493 e. The Morgan fingerprint density at radius 1 is 1.06 bits per heavy atom. The predicted molar refractivity (Wildman–Crippen MR) is 132 cm³/mol. The fourth-order valence-electron chi connectivity index (χ4n) is 4.42. The molecule has 2 atom stereocenters. The highest BCUT2D eigenvalue weighted by Crippen LogP contribution is 2.29. The van der Waals surface area contributed by atoms with Crippen LogP contribution in [-0.4, -0.2) is 60.7 Å². The normalized spacial score (nSPS) is 20.4. The Hall–Kier alpha value is -4.11. The molecule has 0 unspecified atom stereocenters. The molecule has 186 valence electrons. The summed E-state index contributed by atoms with van der Waals surface area (Å²) in [5, 5.41) is 5.98. The molecule has 6 rings (SSSR count). The van der Waals surface area contributed by atoms with Gasteiger partial charge in [-0.05, 0) is 53.6 Å². The lowest BCUT2D eigenvalue weighted by atomic mass is 10.1. The third-order valence-electron chi connectivity index (χ3n) is 6.30. The number of hydrogen-bond donors (Lipinski definition) is 2. The van der Waals surface area contributed by atoms with Gasteiger partial charge in [-0.1, -0.05) is 12.1 Å². The number of nitrogens with one attached hydrogen (secondary N) is 2. The first kappa shape index (κ1) is 23.6. The maximum Gasteiger partial charge on any atom is 0.258 e. The van der Waals surface area contributed by atoms with E-state index in [1.54, 1.807) is 30.6 Å². The van der Waals surface area contributed by atoms with E-state index in [-0.39, 0.29) is 30.6 Å². The quantitative estimate of drug-likeness (QED) is 0.583. The molecule has 1 fully saturated rings. The van der Waals surface area contributed by atoms with Gasteiger partial charge < -0.3 is 24.8 Å². The summed E-state index contributed by atoms with van der Waals surface area (Å²) in [6.07, 6.45) is 3.31. The fraction of sp³-hybridized carbons (Fsp3) is 0.296. The summed E-state index contributed by atoms with van der Waals surface area (Å²) >= 11 is 0. The van der Waals surface area contributed by atoms with Crippen LogP contribution < -0.4 is 24.8 Å². The molecule has 3 aromatic rings. The van der Waals surface area contributed by atoms with E-state index in [9.17, 15) is 9.59 Å². The number of amides is 2. The van der Waals surface area contributed by atoms with Gasteiger partial charge in [0.25, 0.3) is 11.8 Å². The van der Waals surface area contributed by atoms with Crippen molar-refractivity contribution in [3.8, 4) is 17.2 Å². The Morgan fingerprint density at radius 2 is 1.86 bits per heavy atom. The lowest BCUT2D eigenvalue weighted by molar-refractivity contribution is -0.123.